The molecule has 150 valence electrons. The molecule has 25 heavy (non-hydrogen) atoms. The molecule has 1 N–H and O–H groups in total. The Morgan fingerprint density at radius 2 is 1.04 bits per heavy atom. The maximum absolute atomic E-state index is 10.6. The Bertz CT molecular complexity index is 278. The first-order valence-corrected chi connectivity index (χ1v) is 11.1. The fraction of sp³-hybridized carbons (Fsp3) is 0.955. The highest BCUT2D eigenvalue weighted by atomic mass is 16.7. The monoisotopic (exact) mass is 356 g/mol. The highest BCUT2D eigenvalue weighted by Gasteiger charge is 2.11. The van der Waals surface area contributed by atoms with Crippen LogP contribution in [0.2, 0.25) is 0 Å². The van der Waals surface area contributed by atoms with E-state index < -0.39 is 6.16 Å². The van der Waals surface area contributed by atoms with E-state index in [2.05, 4.69) is 13.8 Å². The Morgan fingerprint density at radius 3 is 1.40 bits per heavy atom. The van der Waals surface area contributed by atoms with E-state index in [1.165, 1.54) is 89.9 Å². The molecule has 0 aromatic heterocycles. The number of ether oxygens (including phenoxy) is 1. The fourth-order valence-electron chi connectivity index (χ4n) is 3.47. The molecule has 0 bridgehead atoms. The van der Waals surface area contributed by atoms with Gasteiger partial charge in [0.25, 0.3) is 0 Å². The Labute approximate surface area is 156 Å². The molecule has 0 spiro atoms. The minimum atomic E-state index is -1.13. The Hall–Kier alpha value is -0.730. The predicted molar refractivity (Wildman–Crippen MR) is 107 cm³/mol. The lowest BCUT2D eigenvalue weighted by Gasteiger charge is -2.14. The van der Waals surface area contributed by atoms with Crippen molar-refractivity contribution in [1.82, 2.24) is 0 Å². The van der Waals surface area contributed by atoms with Crippen molar-refractivity contribution in [2.45, 2.75) is 136 Å². The van der Waals surface area contributed by atoms with Crippen molar-refractivity contribution in [1.29, 1.82) is 0 Å². The van der Waals surface area contributed by atoms with Gasteiger partial charge in [-0.1, -0.05) is 110 Å². The predicted octanol–water partition coefficient (Wildman–Crippen LogP) is 8.11. The molecule has 3 nitrogen and oxygen atoms in total. The second kappa shape index (κ2) is 19.6. The van der Waals surface area contributed by atoms with E-state index in [-0.39, 0.29) is 6.10 Å². The van der Waals surface area contributed by atoms with Crippen LogP contribution in [0.4, 0.5) is 4.79 Å². The molecular weight excluding hydrogens is 312 g/mol. The maximum Gasteiger partial charge on any atom is 0.506 e. The van der Waals surface area contributed by atoms with Crippen LogP contribution in [-0.4, -0.2) is 17.4 Å². The van der Waals surface area contributed by atoms with Crippen molar-refractivity contribution in [2.24, 2.45) is 0 Å². The van der Waals surface area contributed by atoms with Gasteiger partial charge in [0.05, 0.1) is 0 Å². The molecule has 0 fully saturated rings. The van der Waals surface area contributed by atoms with Crippen molar-refractivity contribution in [3.05, 3.63) is 0 Å². The molecule has 0 rings (SSSR count). The summed E-state index contributed by atoms with van der Waals surface area (Å²) in [4.78, 5) is 10.6. The topological polar surface area (TPSA) is 46.5 Å². The van der Waals surface area contributed by atoms with Gasteiger partial charge in [-0.15, -0.1) is 0 Å². The summed E-state index contributed by atoms with van der Waals surface area (Å²) in [5, 5.41) is 8.71. The minimum Gasteiger partial charge on any atom is -0.450 e. The zero-order valence-electron chi connectivity index (χ0n) is 17.1. The van der Waals surface area contributed by atoms with Gasteiger partial charge in [0.1, 0.15) is 6.10 Å². The summed E-state index contributed by atoms with van der Waals surface area (Å²) in [5.74, 6) is 0. The zero-order valence-corrected chi connectivity index (χ0v) is 17.1. The van der Waals surface area contributed by atoms with Gasteiger partial charge in [0, 0.05) is 0 Å². The third-order valence-electron chi connectivity index (χ3n) is 5.01. The van der Waals surface area contributed by atoms with Crippen LogP contribution < -0.4 is 0 Å². The highest BCUT2D eigenvalue weighted by molar-refractivity contribution is 5.57. The van der Waals surface area contributed by atoms with E-state index >= 15 is 0 Å². The van der Waals surface area contributed by atoms with Crippen LogP contribution in [-0.2, 0) is 4.74 Å². The van der Waals surface area contributed by atoms with Crippen LogP contribution in [0, 0.1) is 0 Å². The summed E-state index contributed by atoms with van der Waals surface area (Å²) in [6.07, 6.45) is 21.9. The summed E-state index contributed by atoms with van der Waals surface area (Å²) in [5.41, 5.74) is 0. The van der Waals surface area contributed by atoms with Crippen LogP contribution >= 0.6 is 0 Å². The Balaban J connectivity index is 3.23. The van der Waals surface area contributed by atoms with Crippen LogP contribution in [0.1, 0.15) is 129 Å². The number of hydrogen-bond donors (Lipinski definition) is 1. The third-order valence-corrected chi connectivity index (χ3v) is 5.01. The molecule has 0 saturated carbocycles. The van der Waals surface area contributed by atoms with Gasteiger partial charge in [0.2, 0.25) is 0 Å². The van der Waals surface area contributed by atoms with Crippen LogP contribution in [0.3, 0.4) is 0 Å². The first-order valence-electron chi connectivity index (χ1n) is 11.1. The van der Waals surface area contributed by atoms with E-state index in [1.807, 2.05) is 0 Å². The first kappa shape index (κ1) is 24.3. The molecule has 0 heterocycles. The molecule has 0 aromatic carbocycles. The summed E-state index contributed by atoms with van der Waals surface area (Å²) >= 11 is 0. The normalized spacial score (nSPS) is 12.2. The van der Waals surface area contributed by atoms with Gasteiger partial charge < -0.3 is 9.84 Å². The molecule has 1 atom stereocenters. The van der Waals surface area contributed by atoms with E-state index in [4.69, 9.17) is 9.84 Å². The zero-order chi connectivity index (χ0) is 18.6. The Kier molecular flexibility index (Phi) is 19.0. The van der Waals surface area contributed by atoms with Crippen molar-refractivity contribution in [3.63, 3.8) is 0 Å². The molecule has 0 aromatic rings. The number of unbranched alkanes of at least 4 members (excludes halogenated alkanes) is 14. The van der Waals surface area contributed by atoms with E-state index in [0.717, 1.165) is 25.7 Å². The summed E-state index contributed by atoms with van der Waals surface area (Å²) in [7, 11) is 0. The van der Waals surface area contributed by atoms with Gasteiger partial charge in [-0.05, 0) is 19.3 Å². The minimum absolute atomic E-state index is 0.0931. The lowest BCUT2D eigenvalue weighted by Crippen LogP contribution is -2.16. The SMILES string of the molecule is CCCCCCCCCCCCCCCCCC(CCC)OC(=O)O. The van der Waals surface area contributed by atoms with Gasteiger partial charge in [0.15, 0.2) is 0 Å². The van der Waals surface area contributed by atoms with Gasteiger partial charge in [-0.3, -0.25) is 0 Å². The third kappa shape index (κ3) is 19.4. The van der Waals surface area contributed by atoms with Gasteiger partial charge in [-0.2, -0.15) is 0 Å². The largest absolute Gasteiger partial charge is 0.506 e. The lowest BCUT2D eigenvalue weighted by molar-refractivity contribution is 0.0431. The molecule has 0 aliphatic rings. The molecule has 3 heteroatoms. The van der Waals surface area contributed by atoms with Gasteiger partial charge in [-0.25, -0.2) is 4.79 Å². The van der Waals surface area contributed by atoms with Crippen molar-refractivity contribution < 1.29 is 14.6 Å². The molecule has 0 aliphatic heterocycles. The second-order valence-corrected chi connectivity index (χ2v) is 7.53. The Morgan fingerprint density at radius 1 is 0.640 bits per heavy atom. The van der Waals surface area contributed by atoms with Crippen LogP contribution in [0.15, 0.2) is 0 Å². The number of rotatable bonds is 19. The summed E-state index contributed by atoms with van der Waals surface area (Å²) in [6, 6.07) is 0. The molecule has 0 radical (unpaired) electrons. The molecule has 0 aliphatic carbocycles. The highest BCUT2D eigenvalue weighted by Crippen LogP contribution is 2.16. The standard InChI is InChI=1S/C22H44O3/c1-3-5-6-7-8-9-10-11-12-13-14-15-16-17-18-20-21(19-4-2)25-22(23)24/h21H,3-20H2,1-2H3,(H,23,24). The van der Waals surface area contributed by atoms with E-state index in [1.54, 1.807) is 0 Å². The molecule has 0 amide bonds. The quantitative estimate of drug-likeness (QED) is 0.188. The van der Waals surface area contributed by atoms with E-state index in [9.17, 15) is 4.79 Å². The van der Waals surface area contributed by atoms with Gasteiger partial charge >= 0.3 is 6.16 Å². The number of hydrogen-bond acceptors (Lipinski definition) is 2. The number of carbonyl (C=O) groups is 1. The van der Waals surface area contributed by atoms with Crippen molar-refractivity contribution >= 4 is 6.16 Å². The average molecular weight is 357 g/mol. The van der Waals surface area contributed by atoms with Crippen LogP contribution in [0.5, 0.6) is 0 Å². The smallest absolute Gasteiger partial charge is 0.450 e. The molecule has 1 unspecified atom stereocenters. The van der Waals surface area contributed by atoms with E-state index in [0.29, 0.717) is 0 Å². The molecule has 0 saturated heterocycles. The fourth-order valence-corrected chi connectivity index (χ4v) is 3.47. The van der Waals surface area contributed by atoms with Crippen molar-refractivity contribution in [3.8, 4) is 0 Å². The summed E-state index contributed by atoms with van der Waals surface area (Å²) in [6.45, 7) is 4.35. The number of carboxylic acid groups (broad SMARTS) is 1. The summed E-state index contributed by atoms with van der Waals surface area (Å²) < 4.78 is 4.93. The van der Waals surface area contributed by atoms with Crippen LogP contribution in [0.25, 0.3) is 0 Å². The average Bonchev–Trinajstić information content (AvgIpc) is 2.58. The second-order valence-electron chi connectivity index (χ2n) is 7.53. The molecular formula is C22H44O3. The first-order chi connectivity index (χ1) is 12.2. The lowest BCUT2D eigenvalue weighted by atomic mass is 10.0. The maximum atomic E-state index is 10.6. The van der Waals surface area contributed by atoms with Crippen molar-refractivity contribution in [2.75, 3.05) is 0 Å².